The van der Waals surface area contributed by atoms with E-state index >= 15 is 0 Å². The molecule has 31 rings (SSSR count). The van der Waals surface area contributed by atoms with Gasteiger partial charge >= 0.3 is 0 Å². The average molecular weight is 1880 g/mol. The van der Waals surface area contributed by atoms with Gasteiger partial charge in [-0.15, -0.1) is 34.0 Å². The van der Waals surface area contributed by atoms with E-state index in [-0.39, 0.29) is 5.41 Å². The predicted octanol–water partition coefficient (Wildman–Crippen LogP) is 35.1. The molecule has 0 amide bonds. The summed E-state index contributed by atoms with van der Waals surface area (Å²) >= 11 is 5.28. The normalized spacial score (nSPS) is 12.5. The molecule has 19 aromatic carbocycles. The Labute approximate surface area is 831 Å². The Kier molecular flexibility index (Phi) is 18.7. The monoisotopic (exact) mass is 1880 g/mol. The highest BCUT2D eigenvalue weighted by atomic mass is 32.1. The summed E-state index contributed by atoms with van der Waals surface area (Å²) in [6, 6.07) is 159. The van der Waals surface area contributed by atoms with Gasteiger partial charge in [0.05, 0.1) is 91.9 Å². The highest BCUT2D eigenvalue weighted by molar-refractivity contribution is 7.27. The standard InChI is InChI=1S/C46H28N4S.C43H29N3S.C40H23N3OS/c1-3-13-29(14-4-1)43-45-44(35-19-9-12-22-40(35)51-45)48-46(47-43)30-23-25-32(26-24-30)50-37-21-11-8-18-34(37)42-39(50)28-27-38-41(42)33-17-7-10-20-36(33)49(38)31-15-5-2-6-16-31;1-43(2)32-17-9-6-14-29(32)37-33(43)24-25-35-38(37)30-15-7-10-18-34(30)46(35)28-22-20-27(21-23-28)42-44-39(26-12-4-3-5-13-26)41-40(45-42)31-16-8-11-19-36(31)47-41;1-2-11-24(12-3-1)37-39-38(29-17-6-9-20-34(29)45-39)42-40(41-37)25-13-10-14-26(23-25)43-30-18-7-4-15-27(30)35-31(43)21-22-33-36(35)28-16-5-8-19-32(28)44-33/h1-28H;3-25H,1-2H3;1-23H. The van der Waals surface area contributed by atoms with Gasteiger partial charge in [0, 0.05) is 146 Å². The zero-order valence-corrected chi connectivity index (χ0v) is 79.8. The Bertz CT molecular complexity index is 10500. The molecule has 11 nitrogen and oxygen atoms in total. The molecule has 0 fully saturated rings. The molecule has 0 atom stereocenters. The van der Waals surface area contributed by atoms with E-state index in [1.54, 1.807) is 34.0 Å². The molecule has 0 radical (unpaired) electrons. The number of rotatable bonds is 10. The minimum atomic E-state index is -0.0432. The van der Waals surface area contributed by atoms with Crippen molar-refractivity contribution in [1.29, 1.82) is 0 Å². The zero-order chi connectivity index (χ0) is 94.2. The summed E-state index contributed by atoms with van der Waals surface area (Å²) in [6.07, 6.45) is 0. The molecule has 0 aliphatic heterocycles. The van der Waals surface area contributed by atoms with Crippen molar-refractivity contribution in [3.05, 3.63) is 460 Å². The molecule has 0 saturated carbocycles. The van der Waals surface area contributed by atoms with Crippen molar-refractivity contribution >= 4 is 204 Å². The Morgan fingerprint density at radius 1 is 0.217 bits per heavy atom. The van der Waals surface area contributed by atoms with Crippen LogP contribution in [0.25, 0.3) is 272 Å². The largest absolute Gasteiger partial charge is 0.456 e. The molecule has 0 saturated heterocycles. The number of aromatic nitrogens is 10. The van der Waals surface area contributed by atoms with Crippen LogP contribution in [0, 0.1) is 0 Å². The smallest absolute Gasteiger partial charge is 0.160 e. The number of thiophene rings is 3. The SMILES string of the molecule is CC1(C)c2ccccc2-c2c1ccc1c2c2ccccc2n1-c1ccc(-c2nc(-c3ccccc3)c3sc4ccccc4c3n2)cc1.c1ccc(-c2nc(-c3ccc(-n4c5ccccc5c5c6c7ccccc7n(-c7ccccc7)c6ccc54)cc3)nc3c2sc2ccccc23)cc1.c1ccc(-c2nc(-c3cccc(-n4c5ccccc5c5c6c(ccc54)oc4ccccc46)c3)nc3c2sc2ccccc23)cc1. The van der Waals surface area contributed by atoms with Crippen LogP contribution in [0.3, 0.4) is 0 Å². The van der Waals surface area contributed by atoms with E-state index in [1.165, 1.54) is 123 Å². The first kappa shape index (κ1) is 82.2. The molecule has 11 heterocycles. The second kappa shape index (κ2) is 32.6. The minimum Gasteiger partial charge on any atom is -0.456 e. The maximum atomic E-state index is 6.28. The van der Waals surface area contributed by atoms with E-state index < -0.39 is 0 Å². The number of fused-ring (bicyclic) bond motifs is 30. The van der Waals surface area contributed by atoms with Crippen molar-refractivity contribution in [3.8, 4) is 102 Å². The van der Waals surface area contributed by atoms with E-state index in [4.69, 9.17) is 34.3 Å². The first-order valence-electron chi connectivity index (χ1n) is 48.3. The van der Waals surface area contributed by atoms with E-state index in [9.17, 15) is 0 Å². The van der Waals surface area contributed by atoms with Crippen LogP contribution < -0.4 is 0 Å². The van der Waals surface area contributed by atoms with Crippen molar-refractivity contribution in [2.45, 2.75) is 19.3 Å². The first-order chi connectivity index (χ1) is 70.7. The number of hydrogen-bond donors (Lipinski definition) is 0. The van der Waals surface area contributed by atoms with Crippen LogP contribution in [0.1, 0.15) is 25.0 Å². The lowest BCUT2D eigenvalue weighted by atomic mass is 9.82. The predicted molar refractivity (Wildman–Crippen MR) is 600 cm³/mol. The summed E-state index contributed by atoms with van der Waals surface area (Å²) in [4.78, 5) is 31.2. The van der Waals surface area contributed by atoms with Crippen LogP contribution in [0.4, 0.5) is 0 Å². The van der Waals surface area contributed by atoms with Gasteiger partial charge in [-0.05, 0) is 174 Å². The molecule has 14 heteroatoms. The fourth-order valence-electron chi connectivity index (χ4n) is 22.6. The molecule has 1 aliphatic carbocycles. The summed E-state index contributed by atoms with van der Waals surface area (Å²) in [5.74, 6) is 2.19. The molecule has 0 spiro atoms. The summed E-state index contributed by atoms with van der Waals surface area (Å²) in [6.45, 7) is 4.70. The van der Waals surface area contributed by atoms with E-state index in [0.717, 1.165) is 160 Å². The third-order valence-corrected chi connectivity index (χ3v) is 32.5. The molecule has 0 bridgehead atoms. The molecular weight excluding hydrogens is 1800 g/mol. The summed E-state index contributed by atoms with van der Waals surface area (Å²) in [7, 11) is 0. The van der Waals surface area contributed by atoms with E-state index in [1.807, 2.05) is 24.3 Å². The number of benzene rings is 19. The summed E-state index contributed by atoms with van der Waals surface area (Å²) in [5.41, 5.74) is 33.4. The van der Waals surface area contributed by atoms with Crippen LogP contribution in [-0.2, 0) is 5.41 Å². The lowest BCUT2D eigenvalue weighted by Gasteiger charge is -2.21. The highest BCUT2D eigenvalue weighted by Crippen LogP contribution is 2.55. The first-order valence-corrected chi connectivity index (χ1v) is 50.7. The van der Waals surface area contributed by atoms with Gasteiger partial charge in [-0.25, -0.2) is 29.9 Å². The second-order valence-electron chi connectivity index (χ2n) is 37.3. The highest BCUT2D eigenvalue weighted by Gasteiger charge is 2.38. The van der Waals surface area contributed by atoms with Gasteiger partial charge in [-0.3, -0.25) is 0 Å². The molecule has 0 unspecified atom stereocenters. The fourth-order valence-corrected chi connectivity index (χ4v) is 26.0. The molecule has 1 aliphatic rings. The van der Waals surface area contributed by atoms with Crippen molar-refractivity contribution in [1.82, 2.24) is 48.2 Å². The topological polar surface area (TPSA) is 110 Å². The second-order valence-corrected chi connectivity index (χ2v) is 40.5. The van der Waals surface area contributed by atoms with Crippen LogP contribution >= 0.6 is 34.0 Å². The number of furan rings is 1. The lowest BCUT2D eigenvalue weighted by Crippen LogP contribution is -2.14. The van der Waals surface area contributed by atoms with Gasteiger partial charge < -0.3 is 22.7 Å². The molecule has 143 heavy (non-hydrogen) atoms. The molecule has 0 N–H and O–H groups in total. The molecule has 30 aromatic rings. The fraction of sp³-hybridized carbons (Fsp3) is 0.0233. The van der Waals surface area contributed by atoms with Crippen LogP contribution in [0.2, 0.25) is 0 Å². The number of para-hydroxylation sites is 6. The lowest BCUT2D eigenvalue weighted by molar-refractivity contribution is 0.661. The average Bonchev–Trinajstić information content (AvgIpc) is 1.52. The maximum Gasteiger partial charge on any atom is 0.160 e. The van der Waals surface area contributed by atoms with Crippen molar-refractivity contribution in [2.75, 3.05) is 0 Å². The zero-order valence-electron chi connectivity index (χ0n) is 77.3. The van der Waals surface area contributed by atoms with Crippen LogP contribution in [0.15, 0.2) is 453 Å². The molecule has 11 aromatic heterocycles. The third-order valence-electron chi connectivity index (χ3n) is 29.0. The Hall–Kier alpha value is -17.9. The van der Waals surface area contributed by atoms with E-state index in [2.05, 4.69) is 457 Å². The van der Waals surface area contributed by atoms with Gasteiger partial charge in [0.15, 0.2) is 17.5 Å². The van der Waals surface area contributed by atoms with Gasteiger partial charge in [0.25, 0.3) is 0 Å². The van der Waals surface area contributed by atoms with Crippen molar-refractivity contribution in [3.63, 3.8) is 0 Å². The number of nitrogens with zero attached hydrogens (tertiary/aromatic N) is 10. The van der Waals surface area contributed by atoms with Crippen LogP contribution in [-0.4, -0.2) is 48.2 Å². The van der Waals surface area contributed by atoms with Gasteiger partial charge in [0.2, 0.25) is 0 Å². The van der Waals surface area contributed by atoms with Gasteiger partial charge in [-0.2, -0.15) is 0 Å². The third kappa shape index (κ3) is 12.9. The quantitative estimate of drug-likeness (QED) is 0.134. The number of hydrogen-bond acceptors (Lipinski definition) is 10. The van der Waals surface area contributed by atoms with E-state index in [0.29, 0.717) is 0 Å². The Morgan fingerprint density at radius 2 is 0.545 bits per heavy atom. The van der Waals surface area contributed by atoms with Crippen molar-refractivity contribution in [2.24, 2.45) is 0 Å². The van der Waals surface area contributed by atoms with Gasteiger partial charge in [0.1, 0.15) is 11.2 Å². The minimum absolute atomic E-state index is 0.0432. The Balaban J connectivity index is 0.000000102. The van der Waals surface area contributed by atoms with Gasteiger partial charge in [-0.1, -0.05) is 311 Å². The van der Waals surface area contributed by atoms with Crippen LogP contribution in [0.5, 0.6) is 0 Å². The summed E-state index contributed by atoms with van der Waals surface area (Å²) < 4.78 is 22.9. The maximum absolute atomic E-state index is 6.28. The molecule has 670 valence electrons. The van der Waals surface area contributed by atoms with Crippen molar-refractivity contribution < 1.29 is 4.42 Å². The molecular formula is C129H80N10OS3. The summed E-state index contributed by atoms with van der Waals surface area (Å²) in [5, 5.41) is 15.8. The Morgan fingerprint density at radius 3 is 1.01 bits per heavy atom.